The second-order valence-electron chi connectivity index (χ2n) is 6.89. The van der Waals surface area contributed by atoms with E-state index in [4.69, 9.17) is 14.2 Å². The van der Waals surface area contributed by atoms with Crippen LogP contribution in [0.1, 0.15) is 31.1 Å². The van der Waals surface area contributed by atoms with Crippen molar-refractivity contribution < 1.29 is 23.8 Å². The van der Waals surface area contributed by atoms with Crippen LogP contribution in [0.4, 0.5) is 0 Å². The Labute approximate surface area is 150 Å². The maximum Gasteiger partial charge on any atom is 0.342 e. The van der Waals surface area contributed by atoms with Crippen molar-refractivity contribution in [3.05, 3.63) is 30.0 Å². The van der Waals surface area contributed by atoms with E-state index in [1.54, 1.807) is 18.2 Å². The summed E-state index contributed by atoms with van der Waals surface area (Å²) in [4.78, 5) is 24.1. The van der Waals surface area contributed by atoms with Crippen LogP contribution in [0.3, 0.4) is 0 Å². The molecule has 0 aliphatic carbocycles. The summed E-state index contributed by atoms with van der Waals surface area (Å²) in [6, 6.07) is 5.34. The summed E-state index contributed by atoms with van der Waals surface area (Å²) in [6.07, 6.45) is 1.37. The van der Waals surface area contributed by atoms with Gasteiger partial charge in [0.05, 0.1) is 11.9 Å². The van der Waals surface area contributed by atoms with Crippen molar-refractivity contribution in [1.29, 1.82) is 0 Å². The Morgan fingerprint density at radius 2 is 1.96 bits per heavy atom. The number of aromatic amines is 1. The first-order chi connectivity index (χ1) is 12.3. The average Bonchev–Trinajstić information content (AvgIpc) is 3.07. The van der Waals surface area contributed by atoms with E-state index in [0.717, 1.165) is 0 Å². The smallest absolute Gasteiger partial charge is 0.342 e. The maximum absolute atomic E-state index is 12.3. The minimum atomic E-state index is -0.632. The van der Waals surface area contributed by atoms with Crippen molar-refractivity contribution in [2.24, 2.45) is 0 Å². The van der Waals surface area contributed by atoms with E-state index in [9.17, 15) is 9.59 Å². The first kappa shape index (κ1) is 17.8. The Bertz CT molecular complexity index is 822. The van der Waals surface area contributed by atoms with Crippen molar-refractivity contribution in [2.45, 2.75) is 26.3 Å². The van der Waals surface area contributed by atoms with Crippen molar-refractivity contribution in [3.63, 3.8) is 0 Å². The van der Waals surface area contributed by atoms with Gasteiger partial charge in [0.1, 0.15) is 18.8 Å². The number of amides is 1. The molecule has 0 spiro atoms. The fraction of sp³-hybridized carbons (Fsp3) is 0.389. The number of rotatable bonds is 4. The monoisotopic (exact) mass is 359 g/mol. The minimum Gasteiger partial charge on any atom is -0.486 e. The quantitative estimate of drug-likeness (QED) is 0.809. The fourth-order valence-corrected chi connectivity index (χ4v) is 2.52. The molecule has 1 aromatic heterocycles. The molecule has 0 atom stereocenters. The number of benzene rings is 1. The molecule has 0 radical (unpaired) electrons. The summed E-state index contributed by atoms with van der Waals surface area (Å²) in [5.41, 5.74) is 1.04. The molecule has 0 bridgehead atoms. The Morgan fingerprint density at radius 3 is 2.69 bits per heavy atom. The SMILES string of the molecule is CC(C)(C)NC(=O)COC(=O)c1cn[nH]c1-c1ccc2c(c1)OCCO2. The highest BCUT2D eigenvalue weighted by atomic mass is 16.6. The van der Waals surface area contributed by atoms with Gasteiger partial charge in [0, 0.05) is 11.1 Å². The molecule has 26 heavy (non-hydrogen) atoms. The largest absolute Gasteiger partial charge is 0.486 e. The lowest BCUT2D eigenvalue weighted by Gasteiger charge is -2.20. The van der Waals surface area contributed by atoms with Crippen molar-refractivity contribution in [1.82, 2.24) is 15.5 Å². The second-order valence-corrected chi connectivity index (χ2v) is 6.89. The maximum atomic E-state index is 12.3. The number of carbonyl (C=O) groups excluding carboxylic acids is 2. The summed E-state index contributed by atoms with van der Waals surface area (Å²) < 4.78 is 16.2. The molecule has 0 unspecified atom stereocenters. The predicted octanol–water partition coefficient (Wildman–Crippen LogP) is 1.92. The van der Waals surface area contributed by atoms with Crippen molar-refractivity contribution in [2.75, 3.05) is 19.8 Å². The van der Waals surface area contributed by atoms with Gasteiger partial charge in [-0.15, -0.1) is 0 Å². The molecule has 3 rings (SSSR count). The van der Waals surface area contributed by atoms with Gasteiger partial charge < -0.3 is 19.5 Å². The standard InChI is InChI=1S/C18H21N3O5/c1-18(2,3)20-15(22)10-26-17(23)12-9-19-21-16(12)11-4-5-13-14(8-11)25-7-6-24-13/h4-5,8-9H,6-7,10H2,1-3H3,(H,19,21)(H,20,22). The molecular formula is C18H21N3O5. The van der Waals surface area contributed by atoms with Crippen molar-refractivity contribution in [3.8, 4) is 22.8 Å². The highest BCUT2D eigenvalue weighted by molar-refractivity contribution is 5.97. The number of aromatic nitrogens is 2. The molecule has 138 valence electrons. The summed E-state index contributed by atoms with van der Waals surface area (Å²) in [5, 5.41) is 9.44. The van der Waals surface area contributed by atoms with Crippen LogP contribution in [0.2, 0.25) is 0 Å². The average molecular weight is 359 g/mol. The number of fused-ring (bicyclic) bond motifs is 1. The number of hydrogen-bond donors (Lipinski definition) is 2. The van der Waals surface area contributed by atoms with Gasteiger partial charge in [-0.25, -0.2) is 4.79 Å². The Morgan fingerprint density at radius 1 is 1.23 bits per heavy atom. The lowest BCUT2D eigenvalue weighted by atomic mass is 10.1. The van der Waals surface area contributed by atoms with Gasteiger partial charge in [0.15, 0.2) is 18.1 Å². The first-order valence-electron chi connectivity index (χ1n) is 8.25. The topological polar surface area (TPSA) is 103 Å². The van der Waals surface area contributed by atoms with Gasteiger partial charge in [-0.1, -0.05) is 0 Å². The zero-order chi connectivity index (χ0) is 18.7. The van der Waals surface area contributed by atoms with Gasteiger partial charge in [0.2, 0.25) is 0 Å². The fourth-order valence-electron chi connectivity index (χ4n) is 2.52. The van der Waals surface area contributed by atoms with Crippen LogP contribution in [-0.4, -0.2) is 47.4 Å². The van der Waals surface area contributed by atoms with Crippen LogP contribution in [0.25, 0.3) is 11.3 Å². The van der Waals surface area contributed by atoms with E-state index in [1.807, 2.05) is 20.8 Å². The third-order valence-electron chi connectivity index (χ3n) is 3.54. The molecule has 2 heterocycles. The van der Waals surface area contributed by atoms with Crippen LogP contribution in [0, 0.1) is 0 Å². The van der Waals surface area contributed by atoms with E-state index < -0.39 is 11.5 Å². The lowest BCUT2D eigenvalue weighted by Crippen LogP contribution is -2.42. The second kappa shape index (κ2) is 7.07. The van der Waals surface area contributed by atoms with E-state index in [1.165, 1.54) is 6.20 Å². The third kappa shape index (κ3) is 4.14. The molecule has 1 aliphatic heterocycles. The van der Waals surface area contributed by atoms with Gasteiger partial charge in [0.25, 0.3) is 5.91 Å². The van der Waals surface area contributed by atoms with Gasteiger partial charge >= 0.3 is 5.97 Å². The van der Waals surface area contributed by atoms with Crippen molar-refractivity contribution >= 4 is 11.9 Å². The zero-order valence-corrected chi connectivity index (χ0v) is 14.9. The normalized spacial score (nSPS) is 13.2. The molecule has 8 nitrogen and oxygen atoms in total. The Kier molecular flexibility index (Phi) is 4.83. The van der Waals surface area contributed by atoms with Gasteiger partial charge in [-0.2, -0.15) is 5.10 Å². The lowest BCUT2D eigenvalue weighted by molar-refractivity contribution is -0.125. The molecule has 1 aromatic carbocycles. The summed E-state index contributed by atoms with van der Waals surface area (Å²) >= 11 is 0. The van der Waals surface area contributed by atoms with Crippen LogP contribution in [0.15, 0.2) is 24.4 Å². The van der Waals surface area contributed by atoms with Crippen LogP contribution in [-0.2, 0) is 9.53 Å². The summed E-state index contributed by atoms with van der Waals surface area (Å²) in [7, 11) is 0. The van der Waals surface area contributed by atoms with Gasteiger partial charge in [-0.05, 0) is 39.0 Å². The highest BCUT2D eigenvalue weighted by Crippen LogP contribution is 2.34. The number of nitrogens with zero attached hydrogens (tertiary/aromatic N) is 1. The molecule has 8 heteroatoms. The molecule has 2 aromatic rings. The Hall–Kier alpha value is -3.03. The van der Waals surface area contributed by atoms with E-state index >= 15 is 0 Å². The number of ether oxygens (including phenoxy) is 3. The number of H-pyrrole nitrogens is 1. The van der Waals surface area contributed by atoms with E-state index in [-0.39, 0.29) is 18.1 Å². The molecule has 0 saturated heterocycles. The van der Waals surface area contributed by atoms with E-state index in [2.05, 4.69) is 15.5 Å². The summed E-state index contributed by atoms with van der Waals surface area (Å²) in [6.45, 7) is 6.16. The molecule has 1 amide bonds. The van der Waals surface area contributed by atoms with Gasteiger partial charge in [-0.3, -0.25) is 9.89 Å². The molecule has 0 saturated carbocycles. The number of esters is 1. The number of carbonyl (C=O) groups is 2. The molecule has 2 N–H and O–H groups in total. The van der Waals surface area contributed by atoms with Crippen LogP contribution >= 0.6 is 0 Å². The van der Waals surface area contributed by atoms with E-state index in [0.29, 0.717) is 36.0 Å². The molecule has 1 aliphatic rings. The Balaban J connectivity index is 1.72. The number of hydrogen-bond acceptors (Lipinski definition) is 6. The molecule has 0 fully saturated rings. The summed E-state index contributed by atoms with van der Waals surface area (Å²) in [5.74, 6) is 0.262. The third-order valence-corrected chi connectivity index (χ3v) is 3.54. The van der Waals surface area contributed by atoms with Crippen LogP contribution < -0.4 is 14.8 Å². The predicted molar refractivity (Wildman–Crippen MR) is 93.2 cm³/mol. The molecular weight excluding hydrogens is 338 g/mol. The van der Waals surface area contributed by atoms with Crippen LogP contribution in [0.5, 0.6) is 11.5 Å². The number of nitrogens with one attached hydrogen (secondary N) is 2. The minimum absolute atomic E-state index is 0.241. The highest BCUT2D eigenvalue weighted by Gasteiger charge is 2.21. The first-order valence-corrected chi connectivity index (χ1v) is 8.25. The zero-order valence-electron chi connectivity index (χ0n) is 14.9.